The van der Waals surface area contributed by atoms with E-state index < -0.39 is 41.1 Å². The number of non-ortho nitro benzene ring substituents is 1. The Balaban J connectivity index is 1.23. The Hall–Kier alpha value is -3.45. The molecule has 2 aromatic carbocycles. The number of hydrogen-bond donors (Lipinski definition) is 0. The largest absolute Gasteiger partial charge is 0.457 e. The average molecular weight is 666 g/mol. The molecule has 11 nitrogen and oxygen atoms in total. The number of likely N-dealkylation sites (tertiary alicyclic amines) is 1. The Morgan fingerprint density at radius 1 is 0.897 bits per heavy atom. The van der Waals surface area contributed by atoms with Crippen LogP contribution in [0.5, 0.6) is 5.75 Å². The molecular weight excluding hydrogens is 644 g/mol. The highest BCUT2D eigenvalue weighted by atomic mass is 79.9. The smallest absolute Gasteiger partial charge is 0.343 e. The second kappa shape index (κ2) is 12.2. The maximum atomic E-state index is 12.7. The molecule has 1 aliphatic heterocycles. The van der Waals surface area contributed by atoms with Crippen LogP contribution in [0.3, 0.4) is 0 Å². The highest BCUT2D eigenvalue weighted by Gasteiger charge is 2.51. The first-order chi connectivity index (χ1) is 18.5. The Morgan fingerprint density at radius 2 is 1.44 bits per heavy atom. The molecule has 2 amide bonds. The van der Waals surface area contributed by atoms with Crippen molar-refractivity contribution in [1.82, 2.24) is 4.90 Å². The summed E-state index contributed by atoms with van der Waals surface area (Å²) in [5, 5.41) is 10.7. The normalized spacial score (nSPS) is 22.3. The number of carbonyl (C=O) groups excluding carboxylic acids is 5. The lowest BCUT2D eigenvalue weighted by molar-refractivity contribution is -0.384. The quantitative estimate of drug-likeness (QED) is 0.0740. The van der Waals surface area contributed by atoms with Crippen LogP contribution >= 0.6 is 31.9 Å². The third-order valence-electron chi connectivity index (χ3n) is 6.61. The third-order valence-corrected chi connectivity index (χ3v) is 9.34. The number of ether oxygens (including phenoxy) is 2. The number of rotatable bonds is 9. The number of benzene rings is 2. The Kier molecular flexibility index (Phi) is 8.90. The predicted molar refractivity (Wildman–Crippen MR) is 143 cm³/mol. The standard InChI is InChI=1S/C26H22Br2N2O9/c27-20-11-18-19(12-21(20)28)25(34)29(24(18)33)10-9-23(32)38-13-22(31)14-3-7-17(8-4-14)39-26(35)15-1-5-16(6-2-15)30(36)37/h1-8,18-21H,9-13H2. The summed E-state index contributed by atoms with van der Waals surface area (Å²) in [6.45, 7) is -0.642. The number of esters is 2. The minimum atomic E-state index is -0.730. The van der Waals surface area contributed by atoms with Crippen LogP contribution in [0, 0.1) is 22.0 Å². The predicted octanol–water partition coefficient (Wildman–Crippen LogP) is 3.85. The number of fused-ring (bicyclic) bond motifs is 1. The fraction of sp³-hybridized carbons (Fsp3) is 0.346. The fourth-order valence-electron chi connectivity index (χ4n) is 4.48. The van der Waals surface area contributed by atoms with E-state index in [1.807, 2.05) is 0 Å². The Bertz CT molecular complexity index is 1290. The number of nitro groups is 1. The molecule has 4 atom stereocenters. The molecule has 0 bridgehead atoms. The third kappa shape index (κ3) is 6.59. The second-order valence-corrected chi connectivity index (χ2v) is 11.4. The van der Waals surface area contributed by atoms with Gasteiger partial charge in [-0.2, -0.15) is 0 Å². The van der Waals surface area contributed by atoms with E-state index in [0.717, 1.165) is 4.90 Å². The first kappa shape index (κ1) is 28.6. The Labute approximate surface area is 239 Å². The van der Waals surface area contributed by atoms with Crippen LogP contribution in [0.4, 0.5) is 5.69 Å². The summed E-state index contributed by atoms with van der Waals surface area (Å²) in [5.74, 6) is -3.17. The molecule has 204 valence electrons. The van der Waals surface area contributed by atoms with E-state index in [2.05, 4.69) is 31.9 Å². The van der Waals surface area contributed by atoms with Gasteiger partial charge in [0.1, 0.15) is 5.75 Å². The van der Waals surface area contributed by atoms with Crippen LogP contribution in [-0.4, -0.2) is 62.2 Å². The van der Waals surface area contributed by atoms with Crippen molar-refractivity contribution in [2.45, 2.75) is 28.9 Å². The molecule has 0 aromatic heterocycles. The maximum absolute atomic E-state index is 12.7. The van der Waals surface area contributed by atoms with Gasteiger partial charge in [-0.25, -0.2) is 4.79 Å². The number of carbonyl (C=O) groups is 5. The van der Waals surface area contributed by atoms with Gasteiger partial charge in [0.05, 0.1) is 28.7 Å². The summed E-state index contributed by atoms with van der Waals surface area (Å²) in [4.78, 5) is 73.6. The average Bonchev–Trinajstić information content (AvgIpc) is 3.14. The molecule has 2 fully saturated rings. The van der Waals surface area contributed by atoms with Gasteiger partial charge in [0.25, 0.3) is 5.69 Å². The number of nitrogens with zero attached hydrogens (tertiary/aromatic N) is 2. The van der Waals surface area contributed by atoms with Gasteiger partial charge < -0.3 is 9.47 Å². The van der Waals surface area contributed by atoms with Gasteiger partial charge >= 0.3 is 11.9 Å². The van der Waals surface area contributed by atoms with E-state index in [-0.39, 0.29) is 57.0 Å². The van der Waals surface area contributed by atoms with E-state index in [1.165, 1.54) is 48.5 Å². The molecule has 1 aliphatic carbocycles. The van der Waals surface area contributed by atoms with Crippen LogP contribution in [0.2, 0.25) is 0 Å². The fourth-order valence-corrected chi connectivity index (χ4v) is 5.72. The van der Waals surface area contributed by atoms with Crippen LogP contribution in [0.15, 0.2) is 48.5 Å². The number of amides is 2. The zero-order valence-corrected chi connectivity index (χ0v) is 23.5. The summed E-state index contributed by atoms with van der Waals surface area (Å²) >= 11 is 7.05. The molecule has 0 spiro atoms. The van der Waals surface area contributed by atoms with Crippen LogP contribution in [0.25, 0.3) is 0 Å². The SMILES string of the molecule is O=C(CCN1C(=O)C2CC(Br)C(Br)CC2C1=O)OCC(=O)c1ccc(OC(=O)c2ccc([N+](=O)[O-])cc2)cc1. The number of ketones is 1. The lowest BCUT2D eigenvalue weighted by atomic mass is 9.81. The summed E-state index contributed by atoms with van der Waals surface area (Å²) in [5.41, 5.74) is 0.163. The molecule has 39 heavy (non-hydrogen) atoms. The van der Waals surface area contributed by atoms with Crippen molar-refractivity contribution in [3.05, 3.63) is 69.8 Å². The monoisotopic (exact) mass is 664 g/mol. The lowest BCUT2D eigenvalue weighted by Crippen LogP contribution is -2.34. The summed E-state index contributed by atoms with van der Waals surface area (Å²) in [6, 6.07) is 10.5. The number of Topliss-reactive ketones (excluding diaryl/α,β-unsaturated/α-hetero) is 1. The molecule has 1 saturated heterocycles. The molecule has 2 aromatic rings. The first-order valence-corrected chi connectivity index (χ1v) is 13.8. The number of alkyl halides is 2. The number of nitro benzene ring substituents is 1. The first-order valence-electron chi connectivity index (χ1n) is 11.9. The van der Waals surface area contributed by atoms with Crippen molar-refractivity contribution >= 4 is 67.1 Å². The summed E-state index contributed by atoms with van der Waals surface area (Å²) in [6.07, 6.45) is 0.850. The van der Waals surface area contributed by atoms with Gasteiger partial charge in [-0.3, -0.25) is 34.2 Å². The van der Waals surface area contributed by atoms with Crippen molar-refractivity contribution in [3.8, 4) is 5.75 Å². The number of imide groups is 1. The summed E-state index contributed by atoms with van der Waals surface area (Å²) in [7, 11) is 0. The van der Waals surface area contributed by atoms with Gasteiger partial charge in [0.15, 0.2) is 12.4 Å². The van der Waals surface area contributed by atoms with E-state index in [0.29, 0.717) is 12.8 Å². The molecule has 0 N–H and O–H groups in total. The highest BCUT2D eigenvalue weighted by molar-refractivity contribution is 9.12. The molecule has 13 heteroatoms. The van der Waals surface area contributed by atoms with Gasteiger partial charge in [0, 0.05) is 33.9 Å². The van der Waals surface area contributed by atoms with Crippen molar-refractivity contribution in [2.75, 3.05) is 13.2 Å². The molecule has 1 heterocycles. The van der Waals surface area contributed by atoms with Crippen molar-refractivity contribution in [1.29, 1.82) is 0 Å². The number of hydrogen-bond acceptors (Lipinski definition) is 9. The lowest BCUT2D eigenvalue weighted by Gasteiger charge is -2.29. The minimum Gasteiger partial charge on any atom is -0.457 e. The van der Waals surface area contributed by atoms with E-state index in [1.54, 1.807) is 0 Å². The van der Waals surface area contributed by atoms with E-state index in [9.17, 15) is 34.1 Å². The summed E-state index contributed by atoms with van der Waals surface area (Å²) < 4.78 is 10.2. The maximum Gasteiger partial charge on any atom is 0.343 e. The molecule has 4 rings (SSSR count). The van der Waals surface area contributed by atoms with Gasteiger partial charge in [-0.05, 0) is 49.2 Å². The Morgan fingerprint density at radius 3 is 1.97 bits per heavy atom. The molecule has 1 saturated carbocycles. The van der Waals surface area contributed by atoms with Crippen molar-refractivity contribution in [2.24, 2.45) is 11.8 Å². The van der Waals surface area contributed by atoms with Crippen LogP contribution < -0.4 is 4.74 Å². The molecule has 4 unspecified atom stereocenters. The highest BCUT2D eigenvalue weighted by Crippen LogP contribution is 2.43. The van der Waals surface area contributed by atoms with E-state index >= 15 is 0 Å². The zero-order valence-electron chi connectivity index (χ0n) is 20.3. The topological polar surface area (TPSA) is 150 Å². The molecule has 0 radical (unpaired) electrons. The van der Waals surface area contributed by atoms with Crippen LogP contribution in [0.1, 0.15) is 40.0 Å². The van der Waals surface area contributed by atoms with Crippen molar-refractivity contribution < 1.29 is 38.4 Å². The minimum absolute atomic E-state index is 0.0857. The molecular formula is C26H22Br2N2O9. The van der Waals surface area contributed by atoms with Gasteiger partial charge in [-0.15, -0.1) is 0 Å². The van der Waals surface area contributed by atoms with Crippen molar-refractivity contribution in [3.63, 3.8) is 0 Å². The van der Waals surface area contributed by atoms with E-state index in [4.69, 9.17) is 9.47 Å². The van der Waals surface area contributed by atoms with Gasteiger partial charge in [-0.1, -0.05) is 31.9 Å². The second-order valence-electron chi connectivity index (χ2n) is 9.10. The zero-order chi connectivity index (χ0) is 28.3. The number of halogens is 2. The van der Waals surface area contributed by atoms with Crippen LogP contribution in [-0.2, 0) is 19.1 Å². The van der Waals surface area contributed by atoms with Gasteiger partial charge in [0.2, 0.25) is 11.8 Å². The molecule has 2 aliphatic rings.